The molecule has 1 aromatic carbocycles. The average Bonchev–Trinajstić information content (AvgIpc) is 2.58. The van der Waals surface area contributed by atoms with E-state index < -0.39 is 49.2 Å². The number of likely N-dealkylation sites (tertiary alicyclic amines) is 1. The molecule has 26 heavy (non-hydrogen) atoms. The molecule has 2 atom stereocenters. The van der Waals surface area contributed by atoms with Gasteiger partial charge in [-0.15, -0.1) is 0 Å². The van der Waals surface area contributed by atoms with E-state index in [4.69, 9.17) is 5.73 Å². The lowest BCUT2D eigenvalue weighted by molar-refractivity contribution is -0.151. The van der Waals surface area contributed by atoms with Gasteiger partial charge in [-0.25, -0.2) is 13.2 Å². The molecule has 3 N–H and O–H groups in total. The largest absolute Gasteiger partial charge is 0.394 e. The highest BCUT2D eigenvalue weighted by molar-refractivity contribution is 6.18. The fraction of sp³-hybridized carbons (Fsp3) is 0.444. The summed E-state index contributed by atoms with van der Waals surface area (Å²) in [6, 6.07) is 4.48. The van der Waals surface area contributed by atoms with Crippen molar-refractivity contribution in [2.24, 2.45) is 16.6 Å². The van der Waals surface area contributed by atoms with Crippen molar-refractivity contribution in [1.82, 2.24) is 4.90 Å². The molecule has 1 amide bonds. The maximum absolute atomic E-state index is 14.0. The van der Waals surface area contributed by atoms with E-state index in [1.54, 1.807) is 6.92 Å². The van der Waals surface area contributed by atoms with Crippen LogP contribution in [0.25, 0.3) is 5.57 Å². The second-order valence-electron chi connectivity index (χ2n) is 6.44. The molecule has 0 unspecified atom stereocenters. The quantitative estimate of drug-likeness (QED) is 0.630. The van der Waals surface area contributed by atoms with Gasteiger partial charge in [0.2, 0.25) is 0 Å². The molecule has 1 heterocycles. The third-order valence-electron chi connectivity index (χ3n) is 4.46. The number of carbonyl (C=O) groups excluding carboxylic acids is 1. The zero-order valence-corrected chi connectivity index (χ0v) is 14.6. The molecule has 1 aliphatic rings. The molecule has 0 spiro atoms. The minimum Gasteiger partial charge on any atom is -0.394 e. The van der Waals surface area contributed by atoms with E-state index in [1.807, 2.05) is 0 Å². The first-order valence-corrected chi connectivity index (χ1v) is 8.17. The number of carbonyl (C=O) groups is 1. The molecule has 1 aromatic rings. The molecule has 0 radical (unpaired) electrons. The molecule has 142 valence electrons. The van der Waals surface area contributed by atoms with Crippen molar-refractivity contribution in [2.75, 3.05) is 20.2 Å². The number of nitrogens with zero attached hydrogens (tertiary/aromatic N) is 2. The number of aliphatic hydroxyl groups excluding tert-OH is 1. The van der Waals surface area contributed by atoms with Crippen LogP contribution in [-0.2, 0) is 4.79 Å². The molecule has 5 nitrogen and oxygen atoms in total. The number of hydrogen-bond donors (Lipinski definition) is 2. The molecule has 0 bridgehead atoms. The van der Waals surface area contributed by atoms with Gasteiger partial charge in [-0.05, 0) is 23.6 Å². The molecule has 0 aliphatic carbocycles. The van der Waals surface area contributed by atoms with E-state index in [0.717, 1.165) is 4.90 Å². The van der Waals surface area contributed by atoms with Crippen molar-refractivity contribution in [2.45, 2.75) is 25.3 Å². The Balaban J connectivity index is 2.45. The summed E-state index contributed by atoms with van der Waals surface area (Å²) in [6.07, 6.45) is 0.910. The van der Waals surface area contributed by atoms with Crippen LogP contribution in [0.4, 0.5) is 13.2 Å². The van der Waals surface area contributed by atoms with Crippen LogP contribution in [0.1, 0.15) is 18.9 Å². The van der Waals surface area contributed by atoms with Gasteiger partial charge >= 0.3 is 0 Å². The number of hydrogen-bond acceptors (Lipinski definition) is 4. The summed E-state index contributed by atoms with van der Waals surface area (Å²) in [7, 11) is 1.47. The first-order valence-electron chi connectivity index (χ1n) is 8.17. The van der Waals surface area contributed by atoms with E-state index >= 15 is 0 Å². The predicted molar refractivity (Wildman–Crippen MR) is 93.2 cm³/mol. The van der Waals surface area contributed by atoms with Crippen LogP contribution in [0.2, 0.25) is 0 Å². The topological polar surface area (TPSA) is 78.9 Å². The molecule has 2 rings (SSSR count). The number of nitrogens with two attached hydrogens (primary N) is 1. The van der Waals surface area contributed by atoms with Gasteiger partial charge in [-0.2, -0.15) is 0 Å². The Bertz CT molecular complexity index is 717. The zero-order chi connectivity index (χ0) is 19.5. The number of halogens is 3. The Morgan fingerprint density at radius 1 is 1.42 bits per heavy atom. The number of alkyl halides is 2. The van der Waals surface area contributed by atoms with Gasteiger partial charge in [-0.3, -0.25) is 9.79 Å². The van der Waals surface area contributed by atoms with Crippen LogP contribution in [0.3, 0.4) is 0 Å². The first kappa shape index (κ1) is 20.0. The van der Waals surface area contributed by atoms with Crippen molar-refractivity contribution < 1.29 is 23.1 Å². The summed E-state index contributed by atoms with van der Waals surface area (Å²) >= 11 is 0. The lowest BCUT2D eigenvalue weighted by Crippen LogP contribution is -2.57. The molecular formula is C18H22F3N3O2. The number of allylic oxidation sites excluding steroid dienone is 1. The van der Waals surface area contributed by atoms with Gasteiger partial charge in [-0.1, -0.05) is 19.1 Å². The summed E-state index contributed by atoms with van der Waals surface area (Å²) < 4.78 is 41.1. The maximum Gasteiger partial charge on any atom is 0.270 e. The number of benzene rings is 1. The molecule has 1 saturated heterocycles. The smallest absolute Gasteiger partial charge is 0.270 e. The molecule has 1 aliphatic heterocycles. The van der Waals surface area contributed by atoms with Gasteiger partial charge in [0, 0.05) is 25.3 Å². The van der Waals surface area contributed by atoms with E-state index in [-0.39, 0.29) is 11.3 Å². The van der Waals surface area contributed by atoms with Crippen LogP contribution < -0.4 is 5.73 Å². The number of aliphatic imine (C=N–C) groups is 1. The third-order valence-corrected chi connectivity index (χ3v) is 4.46. The van der Waals surface area contributed by atoms with Crippen molar-refractivity contribution in [3.8, 4) is 0 Å². The maximum atomic E-state index is 14.0. The van der Waals surface area contributed by atoms with Gasteiger partial charge in [0.25, 0.3) is 11.8 Å². The van der Waals surface area contributed by atoms with Crippen molar-refractivity contribution in [1.29, 1.82) is 0 Å². The molecule has 0 aromatic heterocycles. The van der Waals surface area contributed by atoms with Gasteiger partial charge in [0.05, 0.1) is 19.2 Å². The van der Waals surface area contributed by atoms with E-state index in [1.165, 1.54) is 37.5 Å². The van der Waals surface area contributed by atoms with Crippen molar-refractivity contribution >= 4 is 17.7 Å². The summed E-state index contributed by atoms with van der Waals surface area (Å²) in [6.45, 7) is 0.300. The molecular weight excluding hydrogens is 347 g/mol. The van der Waals surface area contributed by atoms with Gasteiger partial charge in [0.15, 0.2) is 0 Å². The lowest BCUT2D eigenvalue weighted by Gasteiger charge is -2.42. The number of rotatable bonds is 4. The van der Waals surface area contributed by atoms with Crippen molar-refractivity contribution in [3.63, 3.8) is 0 Å². The van der Waals surface area contributed by atoms with E-state index in [0.29, 0.717) is 5.56 Å². The Hall–Kier alpha value is -2.35. The highest BCUT2D eigenvalue weighted by Gasteiger charge is 2.46. The van der Waals surface area contributed by atoms with Crippen LogP contribution in [-0.4, -0.2) is 54.3 Å². The van der Waals surface area contributed by atoms with Crippen LogP contribution in [0.5, 0.6) is 0 Å². The monoisotopic (exact) mass is 369 g/mol. The highest BCUT2D eigenvalue weighted by atomic mass is 19.3. The summed E-state index contributed by atoms with van der Waals surface area (Å²) in [5.41, 5.74) is 6.32. The first-order chi connectivity index (χ1) is 12.2. The normalized spacial score (nSPS) is 23.8. The highest BCUT2D eigenvalue weighted by Crippen LogP contribution is 2.35. The third kappa shape index (κ3) is 4.24. The average molecular weight is 369 g/mol. The Kier molecular flexibility index (Phi) is 6.07. The standard InChI is InChI=1S/C18H22F3N3O2/c1-11-7-18(20,21)10-24(15(11)9-25)17(26)16(22)14(8-23-2)12-3-5-13(19)6-4-12/h3-6,8,11,15,25H,7,9-10,22H2,1-2H3/t11-,15-/m1/s1. The summed E-state index contributed by atoms with van der Waals surface area (Å²) in [5, 5.41) is 9.56. The Morgan fingerprint density at radius 2 is 2.04 bits per heavy atom. The number of piperidine rings is 1. The van der Waals surface area contributed by atoms with E-state index in [9.17, 15) is 23.1 Å². The minimum atomic E-state index is -3.06. The fourth-order valence-corrected chi connectivity index (χ4v) is 3.17. The lowest BCUT2D eigenvalue weighted by atomic mass is 9.88. The second kappa shape index (κ2) is 7.90. The van der Waals surface area contributed by atoms with Gasteiger partial charge in [0.1, 0.15) is 11.5 Å². The SMILES string of the molecule is CN=CC(=C(N)C(=O)N1CC(F)(F)C[C@@H](C)[C@H]1CO)c1ccc(F)cc1. The molecule has 1 fully saturated rings. The summed E-state index contributed by atoms with van der Waals surface area (Å²) in [5.74, 6) is -4.92. The predicted octanol–water partition coefficient (Wildman–Crippen LogP) is 2.06. The Morgan fingerprint density at radius 3 is 2.58 bits per heavy atom. The van der Waals surface area contributed by atoms with Crippen molar-refractivity contribution in [3.05, 3.63) is 41.3 Å². The molecule has 8 heteroatoms. The fourth-order valence-electron chi connectivity index (χ4n) is 3.17. The van der Waals surface area contributed by atoms with Crippen LogP contribution in [0.15, 0.2) is 35.0 Å². The minimum absolute atomic E-state index is 0.204. The second-order valence-corrected chi connectivity index (χ2v) is 6.44. The van der Waals surface area contributed by atoms with Gasteiger partial charge < -0.3 is 15.7 Å². The number of amides is 1. The van der Waals surface area contributed by atoms with Crippen LogP contribution >= 0.6 is 0 Å². The van der Waals surface area contributed by atoms with Crippen LogP contribution in [0, 0.1) is 11.7 Å². The van der Waals surface area contributed by atoms with E-state index in [2.05, 4.69) is 4.99 Å². The zero-order valence-electron chi connectivity index (χ0n) is 14.6. The number of aliphatic hydroxyl groups is 1. The summed E-state index contributed by atoms with van der Waals surface area (Å²) in [4.78, 5) is 17.6. The molecule has 0 saturated carbocycles. The Labute approximate surface area is 150 Å².